The Morgan fingerprint density at radius 1 is 1.09 bits per heavy atom. The first-order valence-corrected chi connectivity index (χ1v) is 8.39. The maximum Gasteiger partial charge on any atom is 0.291 e. The quantitative estimate of drug-likeness (QED) is 0.532. The lowest BCUT2D eigenvalue weighted by molar-refractivity contribution is 0.937. The topological polar surface area (TPSA) is 60.2 Å². The van der Waals surface area contributed by atoms with Gasteiger partial charge in [0, 0.05) is 22.4 Å². The van der Waals surface area contributed by atoms with Crippen LogP contribution in [0.2, 0.25) is 0 Å². The van der Waals surface area contributed by atoms with E-state index >= 15 is 0 Å². The number of rotatable bonds is 2. The van der Waals surface area contributed by atoms with Crippen LogP contribution in [0.4, 0.5) is 0 Å². The maximum absolute atomic E-state index is 12.4. The lowest BCUT2D eigenvalue weighted by Crippen LogP contribution is -2.23. The Labute approximate surface area is 143 Å². The highest BCUT2D eigenvalue weighted by Gasteiger charge is 2.11. The van der Waals surface area contributed by atoms with Gasteiger partial charge in [-0.25, -0.2) is 0 Å². The van der Waals surface area contributed by atoms with Crippen molar-refractivity contribution in [1.29, 1.82) is 0 Å². The lowest BCUT2D eigenvalue weighted by atomic mass is 10.2. The zero-order valence-electron chi connectivity index (χ0n) is 11.7. The van der Waals surface area contributed by atoms with Crippen LogP contribution >= 0.6 is 27.3 Å². The van der Waals surface area contributed by atoms with E-state index in [1.807, 2.05) is 42.5 Å². The van der Waals surface area contributed by atoms with E-state index in [-0.39, 0.29) is 5.56 Å². The molecule has 1 aromatic carbocycles. The Balaban J connectivity index is 1.82. The summed E-state index contributed by atoms with van der Waals surface area (Å²) in [5.41, 5.74) is 1.65. The molecule has 0 atom stereocenters. The summed E-state index contributed by atoms with van der Waals surface area (Å²) in [5, 5.41) is 4.33. The highest BCUT2D eigenvalue weighted by Crippen LogP contribution is 2.19. The van der Waals surface area contributed by atoms with Crippen molar-refractivity contribution in [2.45, 2.75) is 0 Å². The molecule has 0 aliphatic rings. The molecule has 0 N–H and O–H groups in total. The Morgan fingerprint density at radius 2 is 1.83 bits per heavy atom. The predicted molar refractivity (Wildman–Crippen MR) is 93.3 cm³/mol. The standard InChI is InChI=1S/C16H9BrN4OS/c17-12-3-1-11(2-4-12)14-19-16-21(20-14)15(22)13(23-16)9-10-5-7-18-8-6-10/h1-9H. The molecule has 3 heterocycles. The van der Waals surface area contributed by atoms with E-state index in [9.17, 15) is 4.79 Å². The van der Waals surface area contributed by atoms with Crippen molar-refractivity contribution in [2.24, 2.45) is 0 Å². The summed E-state index contributed by atoms with van der Waals surface area (Å²) >= 11 is 4.72. The van der Waals surface area contributed by atoms with Crippen LogP contribution in [0, 0.1) is 0 Å². The number of aromatic nitrogens is 4. The Hall–Kier alpha value is -2.38. The molecule has 0 fully saturated rings. The molecule has 4 aromatic rings. The van der Waals surface area contributed by atoms with E-state index in [4.69, 9.17) is 0 Å². The van der Waals surface area contributed by atoms with E-state index in [1.165, 1.54) is 15.9 Å². The molecule has 4 rings (SSSR count). The van der Waals surface area contributed by atoms with Crippen molar-refractivity contribution in [3.63, 3.8) is 0 Å². The summed E-state index contributed by atoms with van der Waals surface area (Å²) in [7, 11) is 0. The number of hydrogen-bond donors (Lipinski definition) is 0. The first-order valence-electron chi connectivity index (χ1n) is 6.78. The minimum absolute atomic E-state index is 0.155. The van der Waals surface area contributed by atoms with Crippen LogP contribution in [-0.4, -0.2) is 19.6 Å². The number of benzene rings is 1. The van der Waals surface area contributed by atoms with E-state index in [1.54, 1.807) is 12.4 Å². The van der Waals surface area contributed by atoms with Crippen LogP contribution in [0.15, 0.2) is 58.1 Å². The number of hydrogen-bond acceptors (Lipinski definition) is 5. The average molecular weight is 385 g/mol. The first-order chi connectivity index (χ1) is 11.2. The molecule has 0 aliphatic carbocycles. The highest BCUT2D eigenvalue weighted by atomic mass is 79.9. The number of thiazole rings is 1. The normalized spacial score (nSPS) is 12.1. The van der Waals surface area contributed by atoms with Crippen molar-refractivity contribution in [3.05, 3.63) is 73.7 Å². The van der Waals surface area contributed by atoms with Gasteiger partial charge in [0.2, 0.25) is 4.96 Å². The van der Waals surface area contributed by atoms with Gasteiger partial charge in [-0.15, -0.1) is 5.10 Å². The van der Waals surface area contributed by atoms with Gasteiger partial charge in [-0.1, -0.05) is 39.4 Å². The SMILES string of the molecule is O=c1c(=Cc2ccncc2)sc2nc(-c3ccc(Br)cc3)nn12. The summed E-state index contributed by atoms with van der Waals surface area (Å²) < 4.78 is 2.95. The van der Waals surface area contributed by atoms with E-state index in [2.05, 4.69) is 31.0 Å². The molecular formula is C16H9BrN4OS. The summed E-state index contributed by atoms with van der Waals surface area (Å²) in [4.78, 5) is 21.5. The van der Waals surface area contributed by atoms with Gasteiger partial charge in [-0.05, 0) is 35.9 Å². The monoisotopic (exact) mass is 384 g/mol. The Bertz CT molecular complexity index is 1090. The van der Waals surface area contributed by atoms with Gasteiger partial charge in [0.25, 0.3) is 5.56 Å². The van der Waals surface area contributed by atoms with Crippen LogP contribution in [0.25, 0.3) is 22.4 Å². The number of nitrogens with zero attached hydrogens (tertiary/aromatic N) is 4. The smallest absolute Gasteiger partial charge is 0.266 e. The third-order valence-corrected chi connectivity index (χ3v) is 4.78. The highest BCUT2D eigenvalue weighted by molar-refractivity contribution is 9.10. The second-order valence-electron chi connectivity index (χ2n) is 4.83. The van der Waals surface area contributed by atoms with Gasteiger partial charge < -0.3 is 0 Å². The zero-order chi connectivity index (χ0) is 15.8. The molecule has 0 radical (unpaired) electrons. The second-order valence-corrected chi connectivity index (χ2v) is 6.76. The minimum atomic E-state index is -0.155. The molecule has 0 saturated heterocycles. The zero-order valence-corrected chi connectivity index (χ0v) is 14.1. The molecule has 0 amide bonds. The van der Waals surface area contributed by atoms with E-state index in [0.717, 1.165) is 15.6 Å². The van der Waals surface area contributed by atoms with Crippen LogP contribution in [0.5, 0.6) is 0 Å². The molecule has 0 unspecified atom stereocenters. The molecule has 5 nitrogen and oxygen atoms in total. The summed E-state index contributed by atoms with van der Waals surface area (Å²) in [6.45, 7) is 0. The molecule has 7 heteroatoms. The molecule has 3 aromatic heterocycles. The third kappa shape index (κ3) is 2.69. The van der Waals surface area contributed by atoms with E-state index < -0.39 is 0 Å². The fraction of sp³-hybridized carbons (Fsp3) is 0. The minimum Gasteiger partial charge on any atom is -0.266 e. The van der Waals surface area contributed by atoms with Gasteiger partial charge in [0.05, 0.1) is 4.53 Å². The predicted octanol–water partition coefficient (Wildman–Crippen LogP) is 2.52. The van der Waals surface area contributed by atoms with Crippen LogP contribution in [-0.2, 0) is 0 Å². The molecule has 0 spiro atoms. The second kappa shape index (κ2) is 5.68. The van der Waals surface area contributed by atoms with Crippen molar-refractivity contribution in [2.75, 3.05) is 0 Å². The molecular weight excluding hydrogens is 376 g/mol. The molecule has 0 bridgehead atoms. The van der Waals surface area contributed by atoms with Crippen molar-refractivity contribution >= 4 is 38.3 Å². The Morgan fingerprint density at radius 3 is 2.52 bits per heavy atom. The summed E-state index contributed by atoms with van der Waals surface area (Å²) in [5.74, 6) is 0.552. The molecule has 112 valence electrons. The number of fused-ring (bicyclic) bond motifs is 1. The summed E-state index contributed by atoms with van der Waals surface area (Å²) in [6, 6.07) is 11.4. The van der Waals surface area contributed by atoms with Crippen molar-refractivity contribution in [3.8, 4) is 11.4 Å². The first kappa shape index (κ1) is 14.2. The number of pyridine rings is 1. The van der Waals surface area contributed by atoms with Crippen LogP contribution < -0.4 is 10.1 Å². The third-order valence-electron chi connectivity index (χ3n) is 3.29. The van der Waals surface area contributed by atoms with Crippen LogP contribution in [0.3, 0.4) is 0 Å². The molecule has 0 saturated carbocycles. The molecule has 23 heavy (non-hydrogen) atoms. The largest absolute Gasteiger partial charge is 0.291 e. The summed E-state index contributed by atoms with van der Waals surface area (Å²) in [6.07, 6.45) is 5.21. The average Bonchev–Trinajstić information content (AvgIpc) is 3.10. The fourth-order valence-electron chi connectivity index (χ4n) is 2.17. The lowest BCUT2D eigenvalue weighted by Gasteiger charge is -1.94. The fourth-order valence-corrected chi connectivity index (χ4v) is 3.34. The number of halogens is 1. The Kier molecular flexibility index (Phi) is 3.51. The van der Waals surface area contributed by atoms with Gasteiger partial charge in [-0.3, -0.25) is 9.78 Å². The van der Waals surface area contributed by atoms with Crippen LogP contribution in [0.1, 0.15) is 5.56 Å². The van der Waals surface area contributed by atoms with Crippen molar-refractivity contribution < 1.29 is 0 Å². The van der Waals surface area contributed by atoms with Crippen molar-refractivity contribution in [1.82, 2.24) is 19.6 Å². The maximum atomic E-state index is 12.4. The van der Waals surface area contributed by atoms with Gasteiger partial charge >= 0.3 is 0 Å². The molecule has 0 aliphatic heterocycles. The van der Waals surface area contributed by atoms with Gasteiger partial charge in [-0.2, -0.15) is 9.50 Å². The van der Waals surface area contributed by atoms with E-state index in [0.29, 0.717) is 15.3 Å². The van der Waals surface area contributed by atoms with Gasteiger partial charge in [0.1, 0.15) is 0 Å². The van der Waals surface area contributed by atoms with Gasteiger partial charge in [0.15, 0.2) is 5.82 Å².